The average Bonchev–Trinajstić information content (AvgIpc) is 3.22. The Hall–Kier alpha value is -2.44. The minimum Gasteiger partial charge on any atom is -0.348 e. The molecule has 1 amide bonds. The van der Waals surface area contributed by atoms with E-state index in [1.54, 1.807) is 0 Å². The van der Waals surface area contributed by atoms with Crippen LogP contribution < -0.4 is 10.6 Å². The van der Waals surface area contributed by atoms with Gasteiger partial charge in [0.2, 0.25) is 0 Å². The summed E-state index contributed by atoms with van der Waals surface area (Å²) in [4.78, 5) is 14.3. The van der Waals surface area contributed by atoms with Gasteiger partial charge in [-0.2, -0.15) is 5.10 Å². The van der Waals surface area contributed by atoms with E-state index in [4.69, 9.17) is 0 Å². The highest BCUT2D eigenvalue weighted by molar-refractivity contribution is 7.20. The molecule has 1 aromatic carbocycles. The molecule has 0 spiro atoms. The minimum atomic E-state index is -0.0142. The molecule has 1 aliphatic heterocycles. The largest absolute Gasteiger partial charge is 0.348 e. The number of hydrogen-bond donors (Lipinski definition) is 2. The van der Waals surface area contributed by atoms with Crippen LogP contribution in [0.4, 0.5) is 0 Å². The molecule has 0 atom stereocenters. The van der Waals surface area contributed by atoms with Crippen molar-refractivity contribution in [2.45, 2.75) is 13.3 Å². The van der Waals surface area contributed by atoms with Crippen LogP contribution in [0, 0.1) is 6.92 Å². The summed E-state index contributed by atoms with van der Waals surface area (Å²) in [7, 11) is 0. The Morgan fingerprint density at radius 1 is 1.36 bits per heavy atom. The van der Waals surface area contributed by atoms with Crippen molar-refractivity contribution in [2.24, 2.45) is 0 Å². The molecule has 2 aromatic heterocycles. The molecule has 3 heterocycles. The van der Waals surface area contributed by atoms with E-state index in [0.717, 1.165) is 46.0 Å². The molecule has 0 unspecified atom stereocenters. The molecule has 4 rings (SSSR count). The topological polar surface area (TPSA) is 59.0 Å². The predicted octanol–water partition coefficient (Wildman–Crippen LogP) is 3.04. The second-order valence-corrected chi connectivity index (χ2v) is 7.19. The summed E-state index contributed by atoms with van der Waals surface area (Å²) in [6.45, 7) is 4.48. The van der Waals surface area contributed by atoms with Gasteiger partial charge < -0.3 is 10.6 Å². The van der Waals surface area contributed by atoms with Crippen molar-refractivity contribution in [1.29, 1.82) is 0 Å². The summed E-state index contributed by atoms with van der Waals surface area (Å²) >= 11 is 1.49. The number of carbonyl (C=O) groups is 1. The number of fused-ring (bicyclic) bond motifs is 1. The number of carbonyl (C=O) groups excluding carboxylic acids is 1. The third-order valence-electron chi connectivity index (χ3n) is 4.40. The van der Waals surface area contributed by atoms with Gasteiger partial charge in [0, 0.05) is 18.5 Å². The summed E-state index contributed by atoms with van der Waals surface area (Å²) in [6, 6.07) is 12.0. The fourth-order valence-electron chi connectivity index (χ4n) is 3.01. The Morgan fingerprint density at radius 3 is 2.96 bits per heavy atom. The van der Waals surface area contributed by atoms with Gasteiger partial charge in [0.15, 0.2) is 0 Å². The maximum Gasteiger partial charge on any atom is 0.261 e. The van der Waals surface area contributed by atoms with E-state index >= 15 is 0 Å². The van der Waals surface area contributed by atoms with Crippen LogP contribution in [-0.2, 0) is 0 Å². The van der Waals surface area contributed by atoms with Crippen molar-refractivity contribution in [3.63, 3.8) is 0 Å². The van der Waals surface area contributed by atoms with Gasteiger partial charge >= 0.3 is 0 Å². The summed E-state index contributed by atoms with van der Waals surface area (Å²) in [5.74, 6) is -0.0142. The first-order valence-electron chi connectivity index (χ1n) is 8.44. The Bertz CT molecular complexity index is 939. The van der Waals surface area contributed by atoms with Crippen LogP contribution in [0.3, 0.4) is 0 Å². The van der Waals surface area contributed by atoms with E-state index in [0.29, 0.717) is 6.54 Å². The van der Waals surface area contributed by atoms with Crippen LogP contribution in [0.15, 0.2) is 48.0 Å². The zero-order valence-corrected chi connectivity index (χ0v) is 14.9. The van der Waals surface area contributed by atoms with E-state index < -0.39 is 0 Å². The number of rotatable bonds is 4. The Morgan fingerprint density at radius 2 is 2.20 bits per heavy atom. The van der Waals surface area contributed by atoms with Gasteiger partial charge in [-0.3, -0.25) is 4.79 Å². The molecule has 0 saturated heterocycles. The molecular weight excluding hydrogens is 332 g/mol. The maximum absolute atomic E-state index is 12.5. The quantitative estimate of drug-likeness (QED) is 0.710. The molecule has 5 nitrogen and oxygen atoms in total. The van der Waals surface area contributed by atoms with Gasteiger partial charge in [0.1, 0.15) is 4.83 Å². The van der Waals surface area contributed by atoms with Gasteiger partial charge in [-0.15, -0.1) is 11.3 Å². The first kappa shape index (κ1) is 16.1. The van der Waals surface area contributed by atoms with E-state index in [1.165, 1.54) is 16.9 Å². The lowest BCUT2D eigenvalue weighted by molar-refractivity contribution is 0.0960. The van der Waals surface area contributed by atoms with Crippen molar-refractivity contribution in [1.82, 2.24) is 20.4 Å². The minimum absolute atomic E-state index is 0.0142. The van der Waals surface area contributed by atoms with Crippen LogP contribution in [0.5, 0.6) is 0 Å². The first-order chi connectivity index (χ1) is 12.2. The van der Waals surface area contributed by atoms with Crippen LogP contribution in [0.2, 0.25) is 0 Å². The lowest BCUT2D eigenvalue weighted by Crippen LogP contribution is -2.29. The van der Waals surface area contributed by atoms with Gasteiger partial charge in [-0.1, -0.05) is 29.8 Å². The molecule has 1 aliphatic rings. The van der Waals surface area contributed by atoms with Gasteiger partial charge in [0.25, 0.3) is 5.91 Å². The molecule has 128 valence electrons. The van der Waals surface area contributed by atoms with Crippen molar-refractivity contribution >= 4 is 27.5 Å². The van der Waals surface area contributed by atoms with Crippen molar-refractivity contribution in [3.05, 3.63) is 58.6 Å². The van der Waals surface area contributed by atoms with Crippen LogP contribution in [0.25, 0.3) is 15.9 Å². The Labute approximate surface area is 150 Å². The monoisotopic (exact) mass is 352 g/mol. The highest BCUT2D eigenvalue weighted by atomic mass is 32.1. The van der Waals surface area contributed by atoms with Gasteiger partial charge in [0.05, 0.1) is 16.3 Å². The average molecular weight is 352 g/mol. The summed E-state index contributed by atoms with van der Waals surface area (Å²) in [6.07, 6.45) is 3.15. The standard InChI is InChI=1S/C19H20N4OS/c1-13-16-11-17(18(24)21-12-14-7-9-20-10-8-14)25-19(16)23(22-13)15-5-3-2-4-6-15/h2-7,11,20H,8-10,12H2,1H3,(H,21,24). The molecule has 2 N–H and O–H groups in total. The van der Waals surface area contributed by atoms with Crippen molar-refractivity contribution in [2.75, 3.05) is 19.6 Å². The summed E-state index contributed by atoms with van der Waals surface area (Å²) < 4.78 is 1.92. The highest BCUT2D eigenvalue weighted by Gasteiger charge is 2.17. The molecule has 3 aromatic rings. The SMILES string of the molecule is Cc1nn(-c2ccccc2)c2sc(C(=O)NCC3=CCNCC3)cc12. The lowest BCUT2D eigenvalue weighted by atomic mass is 10.1. The second kappa shape index (κ2) is 6.82. The van der Waals surface area contributed by atoms with E-state index in [1.807, 2.05) is 48.0 Å². The first-order valence-corrected chi connectivity index (χ1v) is 9.25. The number of amides is 1. The number of para-hydroxylation sites is 1. The van der Waals surface area contributed by atoms with Crippen LogP contribution in [0.1, 0.15) is 21.8 Å². The molecule has 0 fully saturated rings. The molecule has 0 saturated carbocycles. The summed E-state index contributed by atoms with van der Waals surface area (Å²) in [5.41, 5.74) is 3.24. The zero-order valence-electron chi connectivity index (χ0n) is 14.1. The van der Waals surface area contributed by atoms with Gasteiger partial charge in [-0.05, 0) is 38.1 Å². The van der Waals surface area contributed by atoms with Gasteiger partial charge in [-0.25, -0.2) is 4.68 Å². The molecule has 25 heavy (non-hydrogen) atoms. The number of nitrogens with one attached hydrogen (secondary N) is 2. The second-order valence-electron chi connectivity index (χ2n) is 6.16. The lowest BCUT2D eigenvalue weighted by Gasteiger charge is -2.14. The Kier molecular flexibility index (Phi) is 4.38. The van der Waals surface area contributed by atoms with Crippen molar-refractivity contribution in [3.8, 4) is 5.69 Å². The normalized spacial score (nSPS) is 14.5. The van der Waals surface area contributed by atoms with Crippen molar-refractivity contribution < 1.29 is 4.79 Å². The number of nitrogens with zero attached hydrogens (tertiary/aromatic N) is 2. The predicted molar refractivity (Wildman–Crippen MR) is 102 cm³/mol. The number of aryl methyl sites for hydroxylation is 1. The third kappa shape index (κ3) is 3.23. The third-order valence-corrected chi connectivity index (χ3v) is 5.51. The molecule has 0 aliphatic carbocycles. The van der Waals surface area contributed by atoms with Crippen LogP contribution >= 0.6 is 11.3 Å². The molecule has 0 radical (unpaired) electrons. The molecular formula is C19H20N4OS. The van der Waals surface area contributed by atoms with E-state index in [9.17, 15) is 4.79 Å². The van der Waals surface area contributed by atoms with Crippen LogP contribution in [-0.4, -0.2) is 35.3 Å². The number of aromatic nitrogens is 2. The highest BCUT2D eigenvalue weighted by Crippen LogP contribution is 2.30. The zero-order chi connectivity index (χ0) is 17.2. The maximum atomic E-state index is 12.5. The number of thiophene rings is 1. The van der Waals surface area contributed by atoms with E-state index in [2.05, 4.69) is 21.8 Å². The van der Waals surface area contributed by atoms with E-state index in [-0.39, 0.29) is 5.91 Å². The molecule has 6 heteroatoms. The molecule has 0 bridgehead atoms. The summed E-state index contributed by atoms with van der Waals surface area (Å²) in [5, 5.41) is 12.0. The fraction of sp³-hybridized carbons (Fsp3) is 0.263. The number of benzene rings is 1. The fourth-order valence-corrected chi connectivity index (χ4v) is 4.11. The Balaban J connectivity index is 1.58. The smallest absolute Gasteiger partial charge is 0.261 e. The number of hydrogen-bond acceptors (Lipinski definition) is 4.